The summed E-state index contributed by atoms with van der Waals surface area (Å²) in [6.07, 6.45) is 8.41. The van der Waals surface area contributed by atoms with Gasteiger partial charge < -0.3 is 19.1 Å². The third kappa shape index (κ3) is 4.98. The van der Waals surface area contributed by atoms with Crippen molar-refractivity contribution in [3.63, 3.8) is 0 Å². The van der Waals surface area contributed by atoms with E-state index in [1.807, 2.05) is 31.4 Å². The van der Waals surface area contributed by atoms with Gasteiger partial charge >= 0.3 is 0 Å². The first kappa shape index (κ1) is 22.2. The topological polar surface area (TPSA) is 95.1 Å². The Morgan fingerprint density at radius 1 is 1.03 bits per heavy atom. The maximum atomic E-state index is 12.4. The third-order valence-electron chi connectivity index (χ3n) is 5.98. The zero-order chi connectivity index (χ0) is 23.3. The van der Waals surface area contributed by atoms with Crippen LogP contribution in [0.5, 0.6) is 0 Å². The molecule has 174 valence electrons. The summed E-state index contributed by atoms with van der Waals surface area (Å²) >= 11 is 0. The first-order valence-corrected chi connectivity index (χ1v) is 11.5. The Balaban J connectivity index is 1.38. The van der Waals surface area contributed by atoms with Gasteiger partial charge in [0, 0.05) is 42.6 Å². The first-order chi connectivity index (χ1) is 16.7. The van der Waals surface area contributed by atoms with E-state index in [1.165, 1.54) is 5.56 Å². The van der Waals surface area contributed by atoms with Gasteiger partial charge in [0.05, 0.1) is 30.7 Å². The summed E-state index contributed by atoms with van der Waals surface area (Å²) in [4.78, 5) is 21.5. The predicted octanol–water partition coefficient (Wildman–Crippen LogP) is 3.92. The van der Waals surface area contributed by atoms with E-state index in [1.54, 1.807) is 29.1 Å². The van der Waals surface area contributed by atoms with E-state index in [0.717, 1.165) is 49.2 Å². The normalized spacial score (nSPS) is 16.0. The molecule has 0 spiro atoms. The summed E-state index contributed by atoms with van der Waals surface area (Å²) in [6, 6.07) is 13.4. The fraction of sp³-hybridized carbons (Fsp3) is 0.308. The second-order valence-corrected chi connectivity index (χ2v) is 8.49. The van der Waals surface area contributed by atoms with Crippen molar-refractivity contribution in [2.45, 2.75) is 38.5 Å². The Labute approximate surface area is 197 Å². The van der Waals surface area contributed by atoms with E-state index in [2.05, 4.69) is 27.6 Å². The summed E-state index contributed by atoms with van der Waals surface area (Å²) in [5, 5.41) is 7.35. The number of nitrogens with zero attached hydrogens (tertiary/aromatic N) is 4. The van der Waals surface area contributed by atoms with Crippen LogP contribution in [0.2, 0.25) is 0 Å². The van der Waals surface area contributed by atoms with Crippen LogP contribution in [0.25, 0.3) is 34.0 Å². The predicted molar refractivity (Wildman–Crippen MR) is 129 cm³/mol. The molecule has 0 amide bonds. The fourth-order valence-corrected chi connectivity index (χ4v) is 4.15. The van der Waals surface area contributed by atoms with E-state index in [0.29, 0.717) is 23.7 Å². The number of hydrogen-bond acceptors (Lipinski definition) is 7. The average molecular weight is 458 g/mol. The van der Waals surface area contributed by atoms with E-state index >= 15 is 0 Å². The quantitative estimate of drug-likeness (QED) is 0.449. The number of hydrogen-bond donors (Lipinski definition) is 1. The van der Waals surface area contributed by atoms with Crippen molar-refractivity contribution in [2.75, 3.05) is 13.7 Å². The maximum Gasteiger partial charge on any atom is 0.250 e. The van der Waals surface area contributed by atoms with Crippen LogP contribution in [0.1, 0.15) is 24.8 Å². The van der Waals surface area contributed by atoms with Crippen LogP contribution < -0.4 is 10.9 Å². The van der Waals surface area contributed by atoms with Gasteiger partial charge in [-0.3, -0.25) is 9.78 Å². The van der Waals surface area contributed by atoms with Crippen molar-refractivity contribution >= 4 is 0 Å². The number of benzene rings is 1. The molecule has 1 aliphatic heterocycles. The van der Waals surface area contributed by atoms with Gasteiger partial charge in [-0.25, -0.2) is 4.98 Å². The van der Waals surface area contributed by atoms with Gasteiger partial charge in [-0.05, 0) is 37.9 Å². The van der Waals surface area contributed by atoms with Crippen LogP contribution in [-0.4, -0.2) is 39.5 Å². The molecule has 0 bridgehead atoms. The molecular weight excluding hydrogens is 430 g/mol. The molecule has 1 N–H and O–H groups in total. The minimum absolute atomic E-state index is 0.0531. The average Bonchev–Trinajstić information content (AvgIpc) is 3.37. The van der Waals surface area contributed by atoms with Crippen LogP contribution in [0.3, 0.4) is 0 Å². The monoisotopic (exact) mass is 457 g/mol. The number of ether oxygens (including phenoxy) is 1. The minimum atomic E-state index is -0.0531. The van der Waals surface area contributed by atoms with E-state index in [-0.39, 0.29) is 11.7 Å². The number of aromatic nitrogens is 4. The maximum absolute atomic E-state index is 12.4. The summed E-state index contributed by atoms with van der Waals surface area (Å²) in [5.41, 5.74) is 4.90. The summed E-state index contributed by atoms with van der Waals surface area (Å²) in [5.74, 6) is 0.535. The van der Waals surface area contributed by atoms with Gasteiger partial charge in [-0.2, -0.15) is 0 Å². The zero-order valence-electron chi connectivity index (χ0n) is 19.1. The van der Waals surface area contributed by atoms with Crippen molar-refractivity contribution in [3.8, 4) is 34.0 Å². The largest absolute Gasteiger partial charge is 0.376 e. The highest BCUT2D eigenvalue weighted by molar-refractivity contribution is 5.66. The Morgan fingerprint density at radius 2 is 1.85 bits per heavy atom. The number of pyridine rings is 1. The second kappa shape index (κ2) is 10.1. The van der Waals surface area contributed by atoms with Crippen LogP contribution in [-0.2, 0) is 17.8 Å². The fourth-order valence-electron chi connectivity index (χ4n) is 4.15. The summed E-state index contributed by atoms with van der Waals surface area (Å²) in [6.45, 7) is 2.11. The van der Waals surface area contributed by atoms with E-state index < -0.39 is 0 Å². The lowest BCUT2D eigenvalue weighted by Crippen LogP contribution is -2.30. The van der Waals surface area contributed by atoms with Crippen LogP contribution in [0, 0.1) is 0 Å². The second-order valence-electron chi connectivity index (χ2n) is 8.49. The van der Waals surface area contributed by atoms with Crippen molar-refractivity contribution in [1.29, 1.82) is 0 Å². The molecule has 0 aliphatic carbocycles. The highest BCUT2D eigenvalue weighted by atomic mass is 16.5. The summed E-state index contributed by atoms with van der Waals surface area (Å²) < 4.78 is 13.1. The lowest BCUT2D eigenvalue weighted by molar-refractivity contribution is 0.00545. The van der Waals surface area contributed by atoms with Gasteiger partial charge in [0.15, 0.2) is 5.76 Å². The molecule has 4 aromatic rings. The van der Waals surface area contributed by atoms with Gasteiger partial charge in [-0.1, -0.05) is 29.4 Å². The molecular formula is C26H27N5O3. The molecule has 1 aromatic carbocycles. The molecule has 8 nitrogen and oxygen atoms in total. The molecule has 1 unspecified atom stereocenters. The highest BCUT2D eigenvalue weighted by Gasteiger charge is 2.16. The molecule has 1 atom stereocenters. The smallest absolute Gasteiger partial charge is 0.250 e. The summed E-state index contributed by atoms with van der Waals surface area (Å²) in [7, 11) is 1.92. The van der Waals surface area contributed by atoms with Gasteiger partial charge in [0.25, 0.3) is 5.56 Å². The lowest BCUT2D eigenvalue weighted by Gasteiger charge is -2.23. The van der Waals surface area contributed by atoms with Gasteiger partial charge in [-0.15, -0.1) is 0 Å². The Hall–Kier alpha value is -3.62. The van der Waals surface area contributed by atoms with E-state index in [9.17, 15) is 4.79 Å². The van der Waals surface area contributed by atoms with Crippen LogP contribution >= 0.6 is 0 Å². The molecule has 0 saturated carbocycles. The standard InChI is InChI=1S/C26H27N5O3/c1-27-13-18-5-7-19(8-6-18)22-12-25(34-30-22)24-15-28-14-23(29-24)20-9-10-26(32)31(16-20)17-21-4-2-3-11-33-21/h5-10,12,14-16,21,27H,2-4,11,13,17H2,1H3. The number of rotatable bonds is 7. The van der Waals surface area contributed by atoms with Crippen molar-refractivity contribution < 1.29 is 9.26 Å². The van der Waals surface area contributed by atoms with Crippen molar-refractivity contribution in [1.82, 2.24) is 25.0 Å². The Bertz CT molecular complexity index is 1310. The van der Waals surface area contributed by atoms with E-state index in [4.69, 9.17) is 14.2 Å². The van der Waals surface area contributed by atoms with Crippen molar-refractivity contribution in [2.24, 2.45) is 0 Å². The zero-order valence-corrected chi connectivity index (χ0v) is 19.1. The molecule has 3 aromatic heterocycles. The molecule has 1 saturated heterocycles. The lowest BCUT2D eigenvalue weighted by atomic mass is 10.1. The van der Waals surface area contributed by atoms with Crippen molar-refractivity contribution in [3.05, 3.63) is 77.0 Å². The SMILES string of the molecule is CNCc1ccc(-c2cc(-c3cncc(-c4ccc(=O)n(CC5CCCCO5)c4)n3)on2)cc1. The molecule has 8 heteroatoms. The van der Waals surface area contributed by atoms with Crippen LogP contribution in [0.4, 0.5) is 0 Å². The Kier molecular flexibility index (Phi) is 6.60. The number of nitrogens with one attached hydrogen (secondary N) is 1. The van der Waals surface area contributed by atoms with Gasteiger partial charge in [0.1, 0.15) is 11.4 Å². The van der Waals surface area contributed by atoms with Gasteiger partial charge in [0.2, 0.25) is 0 Å². The molecule has 1 aliphatic rings. The Morgan fingerprint density at radius 3 is 2.65 bits per heavy atom. The highest BCUT2D eigenvalue weighted by Crippen LogP contribution is 2.26. The first-order valence-electron chi connectivity index (χ1n) is 11.5. The molecule has 5 rings (SSSR count). The molecule has 34 heavy (non-hydrogen) atoms. The molecule has 0 radical (unpaired) electrons. The van der Waals surface area contributed by atoms with Crippen LogP contribution in [0.15, 0.2) is 70.4 Å². The molecule has 4 heterocycles. The molecule has 1 fully saturated rings. The minimum Gasteiger partial charge on any atom is -0.376 e. The third-order valence-corrected chi connectivity index (χ3v) is 5.98.